The molecule has 5 heterocycles. The summed E-state index contributed by atoms with van der Waals surface area (Å²) in [7, 11) is 4.60. The Morgan fingerprint density at radius 3 is 1.42 bits per heavy atom. The molecular weight excluding hydrogens is 840 g/mol. The summed E-state index contributed by atoms with van der Waals surface area (Å²) in [6, 6.07) is 23.1. The van der Waals surface area contributed by atoms with Crippen molar-refractivity contribution in [3.8, 4) is 41.0 Å². The maximum absolute atomic E-state index is 13.8. The summed E-state index contributed by atoms with van der Waals surface area (Å²) in [5.74, 6) is -3.07. The molecule has 1 N–H and O–H groups in total. The van der Waals surface area contributed by atoms with Crippen LogP contribution in [0, 0.1) is 45.6 Å². The molecule has 0 aliphatic heterocycles. The third-order valence-electron chi connectivity index (χ3n) is 9.38. The van der Waals surface area contributed by atoms with Crippen molar-refractivity contribution >= 4 is 29.2 Å². The van der Waals surface area contributed by atoms with Crippen LogP contribution in [0.25, 0.3) is 22.8 Å². The van der Waals surface area contributed by atoms with Crippen LogP contribution >= 0.6 is 11.6 Å². The Balaban J connectivity index is 0.000000226. The Hall–Kier alpha value is -7.35. The molecule has 0 bridgehead atoms. The van der Waals surface area contributed by atoms with E-state index in [4.69, 9.17) is 16.9 Å². The molecule has 0 aliphatic rings. The number of aromatic nitrogens is 7. The first-order chi connectivity index (χ1) is 29.8. The molecular formula is C47H48ClF2N11O3. The Bertz CT molecular complexity index is 2820. The fraction of sp³-hybridized carbons (Fsp3) is 0.319. The number of hydrogen-bond donors (Lipinski definition) is 1. The zero-order chi connectivity index (χ0) is 47.9. The topological polar surface area (TPSA) is 201 Å². The number of nitrogens with one attached hydrogen (secondary N) is 1. The van der Waals surface area contributed by atoms with E-state index in [2.05, 4.69) is 68.1 Å². The van der Waals surface area contributed by atoms with Crippen molar-refractivity contribution in [1.29, 1.82) is 15.8 Å². The van der Waals surface area contributed by atoms with E-state index in [1.54, 1.807) is 44.4 Å². The predicted molar refractivity (Wildman–Crippen MR) is 238 cm³/mol. The van der Waals surface area contributed by atoms with Crippen LogP contribution in [-0.2, 0) is 35.1 Å². The largest absolute Gasteiger partial charge is 0.464 e. The van der Waals surface area contributed by atoms with E-state index in [-0.39, 0.29) is 32.8 Å². The second kappa shape index (κ2) is 19.8. The lowest BCUT2D eigenvalue weighted by Gasteiger charge is -2.19. The number of anilines is 1. The third-order valence-corrected chi connectivity index (χ3v) is 9.67. The fourth-order valence-corrected chi connectivity index (χ4v) is 5.94. The average Bonchev–Trinajstić information content (AvgIpc) is 3.82. The number of para-hydroxylation sites is 1. The second-order valence-electron chi connectivity index (χ2n) is 17.4. The van der Waals surface area contributed by atoms with E-state index in [1.807, 2.05) is 59.7 Å². The van der Waals surface area contributed by atoms with Crippen molar-refractivity contribution in [3.05, 3.63) is 129 Å². The molecule has 14 nitrogen and oxygen atoms in total. The van der Waals surface area contributed by atoms with E-state index in [1.165, 1.54) is 28.6 Å². The molecule has 0 saturated heterocycles. The molecule has 0 radical (unpaired) electrons. The van der Waals surface area contributed by atoms with Crippen molar-refractivity contribution in [2.24, 2.45) is 14.1 Å². The van der Waals surface area contributed by atoms with Crippen molar-refractivity contribution in [2.75, 3.05) is 12.4 Å². The smallest absolute Gasteiger partial charge is 0.358 e. The van der Waals surface area contributed by atoms with Gasteiger partial charge in [0.2, 0.25) is 0 Å². The highest BCUT2D eigenvalue weighted by Gasteiger charge is 2.24. The van der Waals surface area contributed by atoms with Gasteiger partial charge in [0.15, 0.2) is 11.4 Å². The van der Waals surface area contributed by atoms with Gasteiger partial charge in [0.25, 0.3) is 5.91 Å². The number of nitriles is 3. The quantitative estimate of drug-likeness (QED) is 0.128. The van der Waals surface area contributed by atoms with Crippen molar-refractivity contribution < 1.29 is 23.1 Å². The lowest BCUT2D eigenvalue weighted by molar-refractivity contribution is 0.0593. The van der Waals surface area contributed by atoms with E-state index < -0.39 is 29.2 Å². The number of nitrogens with zero attached hydrogens (tertiary/aromatic N) is 10. The Morgan fingerprint density at radius 1 is 0.641 bits per heavy atom. The standard InChI is InChI=1S/C21H19F2N5O.C16H18N4O2.C10H11ClN2/c1-21(2,3)17-9-8-12(11-24)18(25-17)16-10-15(27-28(16)4)20(29)26-19-13(22)6-5-7-14(19)23;1-16(2,3)13-7-6-10(9-17)14(18-13)12-8-11(15(21)22-5)19-20(12)4;1-10(2,3)8-5-4-7(6-12)9(11)13-8/h5-10H,1-4H3,(H,26,29);6-8H,1-5H3;4-5H,1-3H3. The first-order valence-electron chi connectivity index (χ1n) is 19.7. The average molecular weight is 888 g/mol. The maximum atomic E-state index is 13.8. The summed E-state index contributed by atoms with van der Waals surface area (Å²) in [6.07, 6.45) is 0. The number of rotatable bonds is 5. The number of methoxy groups -OCH3 is 1. The number of halogens is 3. The number of carbonyl (C=O) groups excluding carboxylic acids is 2. The van der Waals surface area contributed by atoms with Gasteiger partial charge in [-0.3, -0.25) is 14.2 Å². The highest BCUT2D eigenvalue weighted by molar-refractivity contribution is 6.30. The van der Waals surface area contributed by atoms with Gasteiger partial charge in [-0.05, 0) is 54.6 Å². The van der Waals surface area contributed by atoms with Gasteiger partial charge in [0.05, 0.1) is 35.2 Å². The number of pyridine rings is 3. The number of ether oxygens (including phenoxy) is 1. The highest BCUT2D eigenvalue weighted by atomic mass is 35.5. The van der Waals surface area contributed by atoms with E-state index in [0.29, 0.717) is 39.5 Å². The normalized spacial score (nSPS) is 11.1. The molecule has 1 amide bonds. The molecule has 0 saturated carbocycles. The van der Waals surface area contributed by atoms with Gasteiger partial charge in [-0.15, -0.1) is 0 Å². The van der Waals surface area contributed by atoms with Gasteiger partial charge in [-0.1, -0.05) is 80.0 Å². The molecule has 0 unspecified atom stereocenters. The number of carbonyl (C=O) groups is 2. The van der Waals surface area contributed by atoms with Crippen LogP contribution in [-0.4, -0.2) is 53.5 Å². The van der Waals surface area contributed by atoms with Gasteiger partial charge in [-0.2, -0.15) is 26.0 Å². The van der Waals surface area contributed by atoms with Gasteiger partial charge >= 0.3 is 5.97 Å². The Morgan fingerprint density at radius 2 is 1.03 bits per heavy atom. The van der Waals surface area contributed by atoms with Gasteiger partial charge < -0.3 is 10.1 Å². The van der Waals surface area contributed by atoms with E-state index >= 15 is 0 Å². The van der Waals surface area contributed by atoms with Crippen LogP contribution in [0.4, 0.5) is 14.5 Å². The number of benzene rings is 1. The van der Waals surface area contributed by atoms with Gasteiger partial charge in [0.1, 0.15) is 52.1 Å². The van der Waals surface area contributed by atoms with Gasteiger partial charge in [-0.25, -0.2) is 28.5 Å². The SMILES string of the molecule is CC(C)(C)c1ccc(C#N)c(Cl)n1.COC(=O)c1cc(-c2nc(C(C)(C)C)ccc2C#N)n(C)n1.Cn1nc(C(=O)Nc2c(F)cccc2F)cc1-c1nc(C(C)(C)C)ccc1C#N. The molecule has 64 heavy (non-hydrogen) atoms. The van der Waals surface area contributed by atoms with Crippen molar-refractivity contribution in [2.45, 2.75) is 78.6 Å². The Kier molecular flexibility index (Phi) is 15.2. The van der Waals surface area contributed by atoms with Crippen LogP contribution in [0.3, 0.4) is 0 Å². The lowest BCUT2D eigenvalue weighted by atomic mass is 9.91. The van der Waals surface area contributed by atoms with Crippen molar-refractivity contribution in [3.63, 3.8) is 0 Å². The predicted octanol–water partition coefficient (Wildman–Crippen LogP) is 9.52. The molecule has 17 heteroatoms. The zero-order valence-electron chi connectivity index (χ0n) is 37.7. The Labute approximate surface area is 376 Å². The van der Waals surface area contributed by atoms with E-state index in [0.717, 1.165) is 29.2 Å². The minimum absolute atomic E-state index is 0.0301. The molecule has 6 aromatic rings. The molecule has 0 spiro atoms. The number of esters is 1. The van der Waals surface area contributed by atoms with Crippen LogP contribution in [0.5, 0.6) is 0 Å². The zero-order valence-corrected chi connectivity index (χ0v) is 38.4. The molecule has 1 aromatic carbocycles. The minimum atomic E-state index is -0.888. The number of aryl methyl sites for hydroxylation is 2. The molecule has 0 aliphatic carbocycles. The van der Waals surface area contributed by atoms with E-state index in [9.17, 15) is 28.9 Å². The van der Waals surface area contributed by atoms with Crippen LogP contribution in [0.2, 0.25) is 5.15 Å². The minimum Gasteiger partial charge on any atom is -0.464 e. The molecule has 330 valence electrons. The number of hydrogen-bond acceptors (Lipinski definition) is 11. The molecule has 0 fully saturated rings. The monoisotopic (exact) mass is 887 g/mol. The highest BCUT2D eigenvalue weighted by Crippen LogP contribution is 2.30. The summed E-state index contributed by atoms with van der Waals surface area (Å²) < 4.78 is 35.2. The van der Waals surface area contributed by atoms with Crippen LogP contribution in [0.15, 0.2) is 66.7 Å². The first-order valence-corrected chi connectivity index (χ1v) is 20.0. The first kappa shape index (κ1) is 49.3. The molecule has 5 aromatic heterocycles. The van der Waals surface area contributed by atoms with Gasteiger partial charge in [0, 0.05) is 53.5 Å². The van der Waals surface area contributed by atoms with Crippen molar-refractivity contribution in [1.82, 2.24) is 34.5 Å². The number of amides is 1. The summed E-state index contributed by atoms with van der Waals surface area (Å²) in [5, 5.41) is 38.1. The summed E-state index contributed by atoms with van der Waals surface area (Å²) in [4.78, 5) is 37.5. The molecule has 6 rings (SSSR count). The third kappa shape index (κ3) is 11.8. The lowest BCUT2D eigenvalue weighted by Crippen LogP contribution is -2.15. The van der Waals surface area contributed by atoms with Crippen LogP contribution in [0.1, 0.15) is 117 Å². The summed E-state index contributed by atoms with van der Waals surface area (Å²) in [6.45, 7) is 18.3. The second-order valence-corrected chi connectivity index (χ2v) is 17.8. The summed E-state index contributed by atoms with van der Waals surface area (Å²) >= 11 is 5.80. The molecule has 0 atom stereocenters. The maximum Gasteiger partial charge on any atom is 0.358 e. The summed E-state index contributed by atoms with van der Waals surface area (Å²) in [5.41, 5.74) is 4.81. The fourth-order valence-electron chi connectivity index (χ4n) is 5.75. The van der Waals surface area contributed by atoms with Crippen LogP contribution < -0.4 is 5.32 Å².